The van der Waals surface area contributed by atoms with Crippen molar-refractivity contribution in [2.75, 3.05) is 0 Å². The lowest BCUT2D eigenvalue weighted by Crippen LogP contribution is -2.01. The third-order valence-corrected chi connectivity index (χ3v) is 3.04. The Morgan fingerprint density at radius 1 is 1.29 bits per heavy atom. The first kappa shape index (κ1) is 14.9. The Morgan fingerprint density at radius 3 is 2.57 bits per heavy atom. The summed E-state index contributed by atoms with van der Waals surface area (Å²) in [5.74, 6) is -0.961. The van der Waals surface area contributed by atoms with Gasteiger partial charge >= 0.3 is 5.69 Å². The Hall–Kier alpha value is -2.47. The number of rotatable bonds is 4. The Labute approximate surface area is 120 Å². The van der Waals surface area contributed by atoms with Gasteiger partial charge in [0, 0.05) is 11.1 Å². The first-order chi connectivity index (χ1) is 9.91. The van der Waals surface area contributed by atoms with Crippen LogP contribution < -0.4 is 4.74 Å². The number of nitrogens with zero attached hydrogens (tertiary/aromatic N) is 1. The number of ether oxygens (including phenoxy) is 1. The maximum atomic E-state index is 13.9. The van der Waals surface area contributed by atoms with Gasteiger partial charge < -0.3 is 9.84 Å². The van der Waals surface area contributed by atoms with Crippen LogP contribution in [-0.4, -0.2) is 10.0 Å². The van der Waals surface area contributed by atoms with E-state index in [1.807, 2.05) is 0 Å². The molecule has 1 atom stereocenters. The van der Waals surface area contributed by atoms with Crippen molar-refractivity contribution < 1.29 is 19.2 Å². The van der Waals surface area contributed by atoms with Crippen molar-refractivity contribution in [3.8, 4) is 11.5 Å². The molecule has 0 spiro atoms. The van der Waals surface area contributed by atoms with Crippen LogP contribution in [0, 0.1) is 22.9 Å². The van der Waals surface area contributed by atoms with Gasteiger partial charge in [0.1, 0.15) is 0 Å². The quantitative estimate of drug-likeness (QED) is 0.685. The van der Waals surface area contributed by atoms with E-state index in [1.54, 1.807) is 19.1 Å². The summed E-state index contributed by atoms with van der Waals surface area (Å²) in [5.41, 5.74) is 0.413. The average molecular weight is 291 g/mol. The highest BCUT2D eigenvalue weighted by Gasteiger charge is 2.22. The Kier molecular flexibility index (Phi) is 4.18. The molecule has 2 aromatic carbocycles. The van der Waals surface area contributed by atoms with Gasteiger partial charge in [-0.2, -0.15) is 0 Å². The molecule has 2 aromatic rings. The first-order valence-electron chi connectivity index (χ1n) is 6.30. The topological polar surface area (TPSA) is 72.6 Å². The predicted octanol–water partition coefficient (Wildman–Crippen LogP) is 3.89. The van der Waals surface area contributed by atoms with Crippen molar-refractivity contribution in [2.24, 2.45) is 0 Å². The number of hydrogen-bond acceptors (Lipinski definition) is 4. The maximum absolute atomic E-state index is 13.9. The van der Waals surface area contributed by atoms with Gasteiger partial charge in [0.05, 0.1) is 11.0 Å². The summed E-state index contributed by atoms with van der Waals surface area (Å²) in [4.78, 5) is 10.5. The zero-order valence-electron chi connectivity index (χ0n) is 11.5. The van der Waals surface area contributed by atoms with E-state index in [0.717, 1.165) is 0 Å². The minimum absolute atomic E-state index is 0.0630. The molecule has 0 aliphatic carbocycles. The number of aliphatic hydroxyl groups is 1. The number of aliphatic hydroxyl groups excluding tert-OH is 1. The third kappa shape index (κ3) is 3.00. The summed E-state index contributed by atoms with van der Waals surface area (Å²) >= 11 is 0. The minimum atomic E-state index is -0.959. The average Bonchev–Trinajstić information content (AvgIpc) is 2.40. The molecule has 0 saturated heterocycles. The van der Waals surface area contributed by atoms with E-state index in [9.17, 15) is 19.6 Å². The summed E-state index contributed by atoms with van der Waals surface area (Å²) in [6.45, 7) is 3.04. The number of nitro groups is 1. The van der Waals surface area contributed by atoms with Crippen LogP contribution in [0.15, 0.2) is 36.4 Å². The van der Waals surface area contributed by atoms with Crippen LogP contribution in [0.25, 0.3) is 0 Å². The molecule has 0 aromatic heterocycles. The van der Waals surface area contributed by atoms with E-state index in [4.69, 9.17) is 4.74 Å². The highest BCUT2D eigenvalue weighted by atomic mass is 19.1. The molecule has 110 valence electrons. The van der Waals surface area contributed by atoms with Crippen LogP contribution in [0.5, 0.6) is 11.5 Å². The van der Waals surface area contributed by atoms with Gasteiger partial charge in [0.15, 0.2) is 11.6 Å². The van der Waals surface area contributed by atoms with Gasteiger partial charge in [0.25, 0.3) is 0 Å². The van der Waals surface area contributed by atoms with E-state index in [2.05, 4.69) is 0 Å². The van der Waals surface area contributed by atoms with Crippen molar-refractivity contribution >= 4 is 5.69 Å². The summed E-state index contributed by atoms with van der Waals surface area (Å²) in [5, 5.41) is 20.8. The minimum Gasteiger partial charge on any atom is -0.447 e. The Morgan fingerprint density at radius 2 is 1.95 bits per heavy atom. The zero-order chi connectivity index (χ0) is 15.6. The van der Waals surface area contributed by atoms with E-state index < -0.39 is 16.8 Å². The fourth-order valence-corrected chi connectivity index (χ4v) is 2.02. The lowest BCUT2D eigenvalue weighted by molar-refractivity contribution is -0.386. The second-order valence-electron chi connectivity index (χ2n) is 4.61. The van der Waals surface area contributed by atoms with Crippen LogP contribution >= 0.6 is 0 Å². The normalized spacial score (nSPS) is 12.0. The molecule has 6 heteroatoms. The molecule has 1 N–H and O–H groups in total. The fourth-order valence-electron chi connectivity index (χ4n) is 2.02. The smallest absolute Gasteiger partial charge is 0.314 e. The largest absolute Gasteiger partial charge is 0.447 e. The highest BCUT2D eigenvalue weighted by Crippen LogP contribution is 2.37. The molecule has 0 fully saturated rings. The molecule has 0 amide bonds. The van der Waals surface area contributed by atoms with Crippen molar-refractivity contribution in [3.05, 3.63) is 63.5 Å². The first-order valence-corrected chi connectivity index (χ1v) is 6.30. The Bertz CT molecular complexity index is 685. The van der Waals surface area contributed by atoms with Gasteiger partial charge in [-0.15, -0.1) is 0 Å². The van der Waals surface area contributed by atoms with E-state index in [-0.39, 0.29) is 22.7 Å². The predicted molar refractivity (Wildman–Crippen MR) is 74.9 cm³/mol. The molecule has 2 rings (SSSR count). The molecule has 21 heavy (non-hydrogen) atoms. The van der Waals surface area contributed by atoms with Crippen LogP contribution in [0.4, 0.5) is 10.1 Å². The number of nitro benzene ring substituents is 1. The molecule has 0 radical (unpaired) electrons. The lowest BCUT2D eigenvalue weighted by atomic mass is 10.1. The van der Waals surface area contributed by atoms with Gasteiger partial charge in [-0.3, -0.25) is 10.1 Å². The van der Waals surface area contributed by atoms with Crippen LogP contribution in [-0.2, 0) is 0 Å². The van der Waals surface area contributed by atoms with Gasteiger partial charge in [0.2, 0.25) is 5.75 Å². The molecule has 1 unspecified atom stereocenters. The van der Waals surface area contributed by atoms with Crippen molar-refractivity contribution in [3.63, 3.8) is 0 Å². The molecule has 0 bridgehead atoms. The molecular weight excluding hydrogens is 277 g/mol. The monoisotopic (exact) mass is 291 g/mol. The second kappa shape index (κ2) is 5.88. The highest BCUT2D eigenvalue weighted by molar-refractivity contribution is 5.54. The molecule has 5 nitrogen and oxygen atoms in total. The van der Waals surface area contributed by atoms with Gasteiger partial charge in [-0.1, -0.05) is 24.3 Å². The summed E-state index contributed by atoms with van der Waals surface area (Å²) < 4.78 is 19.3. The van der Waals surface area contributed by atoms with E-state index >= 15 is 0 Å². The Balaban J connectivity index is 2.54. The van der Waals surface area contributed by atoms with E-state index in [1.165, 1.54) is 31.2 Å². The fraction of sp³-hybridized carbons (Fsp3) is 0.200. The zero-order valence-corrected chi connectivity index (χ0v) is 11.5. The summed E-state index contributed by atoms with van der Waals surface area (Å²) in [6.07, 6.45) is -0.959. The molecule has 0 saturated carbocycles. The summed E-state index contributed by atoms with van der Waals surface area (Å²) in [6, 6.07) is 8.66. The second-order valence-corrected chi connectivity index (χ2v) is 4.61. The molecule has 0 aliphatic rings. The molecular formula is C15H14FNO4. The number of aryl methyl sites for hydroxylation is 1. The molecule has 0 heterocycles. The van der Waals surface area contributed by atoms with Gasteiger partial charge in [-0.25, -0.2) is 4.39 Å². The molecule has 0 aliphatic heterocycles. The lowest BCUT2D eigenvalue weighted by Gasteiger charge is -2.14. The summed E-state index contributed by atoms with van der Waals surface area (Å²) in [7, 11) is 0. The van der Waals surface area contributed by atoms with Crippen LogP contribution in [0.3, 0.4) is 0 Å². The number of halogens is 1. The number of para-hydroxylation sites is 2. The number of benzene rings is 2. The van der Waals surface area contributed by atoms with Crippen LogP contribution in [0.2, 0.25) is 0 Å². The van der Waals surface area contributed by atoms with Crippen molar-refractivity contribution in [1.29, 1.82) is 0 Å². The van der Waals surface area contributed by atoms with Crippen molar-refractivity contribution in [1.82, 2.24) is 0 Å². The van der Waals surface area contributed by atoms with Crippen molar-refractivity contribution in [2.45, 2.75) is 20.0 Å². The SMILES string of the molecule is Cc1cccc(Oc2c(F)cccc2C(C)O)c1[N+](=O)[O-]. The number of hydrogen-bond donors (Lipinski definition) is 1. The standard InChI is InChI=1S/C15H14FNO4/c1-9-5-3-8-13(14(9)17(19)20)21-15-11(10(2)18)6-4-7-12(15)16/h3-8,10,18H,1-2H3. The third-order valence-electron chi connectivity index (χ3n) is 3.04. The van der Waals surface area contributed by atoms with Crippen LogP contribution in [0.1, 0.15) is 24.2 Å². The van der Waals surface area contributed by atoms with E-state index in [0.29, 0.717) is 5.56 Å². The maximum Gasteiger partial charge on any atom is 0.314 e. The van der Waals surface area contributed by atoms with Gasteiger partial charge in [-0.05, 0) is 26.0 Å².